The molecule has 1 aromatic heterocycles. The number of aromatic nitrogens is 1. The van der Waals surface area contributed by atoms with Gasteiger partial charge in [-0.2, -0.15) is 0 Å². The summed E-state index contributed by atoms with van der Waals surface area (Å²) in [6.07, 6.45) is -0.359. The van der Waals surface area contributed by atoms with Crippen molar-refractivity contribution in [3.63, 3.8) is 0 Å². The van der Waals surface area contributed by atoms with E-state index in [0.717, 1.165) is 16.0 Å². The number of nitrogens with zero attached hydrogens (tertiary/aromatic N) is 2. The Hall–Kier alpha value is -0.940. The highest BCUT2D eigenvalue weighted by Gasteiger charge is 2.31. The summed E-state index contributed by atoms with van der Waals surface area (Å²) in [7, 11) is 0. The highest BCUT2D eigenvalue weighted by atomic mass is 79.9. The second-order valence-corrected chi connectivity index (χ2v) is 4.35. The molecular weight excluding hydrogens is 260 g/mol. The molecule has 4 nitrogen and oxygen atoms in total. The number of amides is 1. The maximum absolute atomic E-state index is 11.6. The molecule has 1 fully saturated rings. The zero-order chi connectivity index (χ0) is 11.0. The normalized spacial score (nSPS) is 21.1. The third-order valence-electron chi connectivity index (χ3n) is 2.49. The summed E-state index contributed by atoms with van der Waals surface area (Å²) >= 11 is 3.27. The number of carbonyl (C=O) groups excluding carboxylic acids is 1. The van der Waals surface area contributed by atoms with Gasteiger partial charge in [0.05, 0.1) is 11.4 Å². The van der Waals surface area contributed by atoms with Gasteiger partial charge in [0.15, 0.2) is 0 Å². The van der Waals surface area contributed by atoms with Crippen molar-refractivity contribution < 1.29 is 9.90 Å². The van der Waals surface area contributed by atoms with E-state index in [1.54, 1.807) is 11.0 Å². The third kappa shape index (κ3) is 1.89. The van der Waals surface area contributed by atoms with E-state index in [4.69, 9.17) is 0 Å². The molecule has 1 atom stereocenters. The first-order chi connectivity index (χ1) is 7.09. The highest BCUT2D eigenvalue weighted by Crippen LogP contribution is 2.25. The molecule has 0 bridgehead atoms. The number of carbonyl (C=O) groups is 1. The first-order valence-electron chi connectivity index (χ1n) is 4.72. The minimum atomic E-state index is -0.854. The average molecular weight is 271 g/mol. The van der Waals surface area contributed by atoms with Crippen molar-refractivity contribution in [3.05, 3.63) is 22.4 Å². The molecule has 1 aliphatic heterocycles. The maximum atomic E-state index is 11.6. The lowest BCUT2D eigenvalue weighted by Gasteiger charge is -2.17. The molecule has 0 unspecified atom stereocenters. The van der Waals surface area contributed by atoms with E-state index in [2.05, 4.69) is 20.9 Å². The Morgan fingerprint density at radius 2 is 2.33 bits per heavy atom. The molecule has 0 aromatic carbocycles. The smallest absolute Gasteiger partial charge is 0.255 e. The van der Waals surface area contributed by atoms with Gasteiger partial charge in [0.25, 0.3) is 5.91 Å². The SMILES string of the molecule is Cc1nc(Br)ccc1N1CC[C@@H](O)C1=O. The van der Waals surface area contributed by atoms with Crippen LogP contribution in [0.3, 0.4) is 0 Å². The molecule has 2 rings (SSSR count). The van der Waals surface area contributed by atoms with Gasteiger partial charge in [-0.25, -0.2) is 4.98 Å². The fraction of sp³-hybridized carbons (Fsp3) is 0.400. The quantitative estimate of drug-likeness (QED) is 0.782. The molecule has 1 N–H and O–H groups in total. The standard InChI is InChI=1S/C10H11BrN2O2/c1-6-7(2-3-9(11)12-6)13-5-4-8(14)10(13)15/h2-3,8,14H,4-5H2,1H3/t8-/m1/s1. The summed E-state index contributed by atoms with van der Waals surface area (Å²) in [5.74, 6) is -0.234. The van der Waals surface area contributed by atoms with Crippen molar-refractivity contribution in [1.82, 2.24) is 4.98 Å². The number of hydrogen-bond acceptors (Lipinski definition) is 3. The van der Waals surface area contributed by atoms with Crippen LogP contribution in [0.5, 0.6) is 0 Å². The van der Waals surface area contributed by atoms with E-state index < -0.39 is 6.10 Å². The number of pyridine rings is 1. The van der Waals surface area contributed by atoms with Crippen LogP contribution in [-0.2, 0) is 4.79 Å². The van der Waals surface area contributed by atoms with Crippen molar-refractivity contribution in [1.29, 1.82) is 0 Å². The van der Waals surface area contributed by atoms with E-state index in [0.29, 0.717) is 13.0 Å². The molecule has 0 aliphatic carbocycles. The summed E-state index contributed by atoms with van der Waals surface area (Å²) in [4.78, 5) is 17.4. The van der Waals surface area contributed by atoms with Gasteiger partial charge in [-0.05, 0) is 35.0 Å². The summed E-state index contributed by atoms with van der Waals surface area (Å²) in [5, 5.41) is 9.35. The van der Waals surface area contributed by atoms with Crippen LogP contribution in [0.1, 0.15) is 12.1 Å². The van der Waals surface area contributed by atoms with Crippen LogP contribution in [0, 0.1) is 6.92 Å². The summed E-state index contributed by atoms with van der Waals surface area (Å²) < 4.78 is 0.746. The molecule has 80 valence electrons. The second kappa shape index (κ2) is 3.90. The lowest BCUT2D eigenvalue weighted by atomic mass is 10.3. The van der Waals surface area contributed by atoms with Gasteiger partial charge in [0, 0.05) is 13.0 Å². The molecule has 0 radical (unpaired) electrons. The van der Waals surface area contributed by atoms with Crippen LogP contribution in [0.4, 0.5) is 5.69 Å². The number of aryl methyl sites for hydroxylation is 1. The van der Waals surface area contributed by atoms with Crippen LogP contribution < -0.4 is 4.90 Å². The molecule has 1 aromatic rings. The first-order valence-corrected chi connectivity index (χ1v) is 5.51. The second-order valence-electron chi connectivity index (χ2n) is 3.53. The Morgan fingerprint density at radius 1 is 1.60 bits per heavy atom. The number of anilines is 1. The van der Waals surface area contributed by atoms with Crippen molar-refractivity contribution >= 4 is 27.5 Å². The number of hydrogen-bond donors (Lipinski definition) is 1. The lowest BCUT2D eigenvalue weighted by Crippen LogP contribution is -2.29. The third-order valence-corrected chi connectivity index (χ3v) is 2.93. The van der Waals surface area contributed by atoms with E-state index in [9.17, 15) is 9.90 Å². The summed E-state index contributed by atoms with van der Waals surface area (Å²) in [5.41, 5.74) is 1.56. The van der Waals surface area contributed by atoms with Crippen LogP contribution in [0.15, 0.2) is 16.7 Å². The van der Waals surface area contributed by atoms with Gasteiger partial charge >= 0.3 is 0 Å². The van der Waals surface area contributed by atoms with Crippen LogP contribution in [0.25, 0.3) is 0 Å². The molecule has 0 spiro atoms. The summed E-state index contributed by atoms with van der Waals surface area (Å²) in [6, 6.07) is 3.63. The van der Waals surface area contributed by atoms with E-state index in [-0.39, 0.29) is 5.91 Å². The Kier molecular flexibility index (Phi) is 2.75. The first kappa shape index (κ1) is 10.6. The largest absolute Gasteiger partial charge is 0.383 e. The molecule has 1 aliphatic rings. The molecular formula is C10H11BrN2O2. The number of halogens is 1. The molecule has 0 saturated carbocycles. The Balaban J connectivity index is 2.34. The molecule has 5 heteroatoms. The molecule has 1 saturated heterocycles. The van der Waals surface area contributed by atoms with Gasteiger partial charge in [-0.15, -0.1) is 0 Å². The monoisotopic (exact) mass is 270 g/mol. The number of aliphatic hydroxyl groups excluding tert-OH is 1. The molecule has 2 heterocycles. The summed E-state index contributed by atoms with van der Waals surface area (Å²) in [6.45, 7) is 2.40. The van der Waals surface area contributed by atoms with Crippen LogP contribution in [0.2, 0.25) is 0 Å². The Labute approximate surface area is 96.1 Å². The average Bonchev–Trinajstić information content (AvgIpc) is 2.49. The number of aliphatic hydroxyl groups is 1. The minimum Gasteiger partial charge on any atom is -0.383 e. The Morgan fingerprint density at radius 3 is 2.87 bits per heavy atom. The molecule has 1 amide bonds. The highest BCUT2D eigenvalue weighted by molar-refractivity contribution is 9.10. The number of rotatable bonds is 1. The predicted octanol–water partition coefficient (Wildman–Crippen LogP) is 1.25. The minimum absolute atomic E-state index is 0.234. The van der Waals surface area contributed by atoms with E-state index in [1.165, 1.54) is 0 Å². The van der Waals surface area contributed by atoms with Crippen molar-refractivity contribution in [2.45, 2.75) is 19.4 Å². The van der Waals surface area contributed by atoms with Gasteiger partial charge in [0.1, 0.15) is 10.7 Å². The van der Waals surface area contributed by atoms with Crippen molar-refractivity contribution in [3.8, 4) is 0 Å². The van der Waals surface area contributed by atoms with E-state index in [1.807, 2.05) is 13.0 Å². The van der Waals surface area contributed by atoms with Crippen molar-refractivity contribution in [2.24, 2.45) is 0 Å². The maximum Gasteiger partial charge on any atom is 0.255 e. The van der Waals surface area contributed by atoms with Crippen LogP contribution >= 0.6 is 15.9 Å². The van der Waals surface area contributed by atoms with E-state index >= 15 is 0 Å². The topological polar surface area (TPSA) is 53.4 Å². The fourth-order valence-corrected chi connectivity index (χ4v) is 2.11. The lowest BCUT2D eigenvalue weighted by molar-refractivity contribution is -0.124. The van der Waals surface area contributed by atoms with Gasteiger partial charge < -0.3 is 10.0 Å². The Bertz CT molecular complexity index is 408. The van der Waals surface area contributed by atoms with Gasteiger partial charge in [-0.1, -0.05) is 0 Å². The zero-order valence-corrected chi connectivity index (χ0v) is 9.86. The van der Waals surface area contributed by atoms with Gasteiger partial charge in [0.2, 0.25) is 0 Å². The van der Waals surface area contributed by atoms with Crippen LogP contribution in [-0.4, -0.2) is 28.6 Å². The predicted molar refractivity (Wildman–Crippen MR) is 59.7 cm³/mol. The fourth-order valence-electron chi connectivity index (χ4n) is 1.71. The van der Waals surface area contributed by atoms with Crippen molar-refractivity contribution in [2.75, 3.05) is 11.4 Å². The van der Waals surface area contributed by atoms with Gasteiger partial charge in [-0.3, -0.25) is 4.79 Å². The zero-order valence-electron chi connectivity index (χ0n) is 8.27. The molecule has 15 heavy (non-hydrogen) atoms.